The van der Waals surface area contributed by atoms with Crippen molar-refractivity contribution in [3.8, 4) is 0 Å². The molecule has 6 nitrogen and oxygen atoms in total. The normalized spacial score (nSPS) is 17.7. The topological polar surface area (TPSA) is 67.2 Å². The molecule has 0 unspecified atom stereocenters. The fraction of sp³-hybridized carbons (Fsp3) is 0.667. The number of thioether (sulfide) groups is 1. The van der Waals surface area contributed by atoms with Crippen molar-refractivity contribution in [3.63, 3.8) is 0 Å². The summed E-state index contributed by atoms with van der Waals surface area (Å²) in [5.41, 5.74) is 0.776. The average molecular weight is 324 g/mol. The molecule has 2 heterocycles. The van der Waals surface area contributed by atoms with Gasteiger partial charge in [-0.05, 0) is 24.5 Å². The van der Waals surface area contributed by atoms with Gasteiger partial charge in [0, 0.05) is 32.7 Å². The third kappa shape index (κ3) is 4.76. The van der Waals surface area contributed by atoms with E-state index in [1.54, 1.807) is 31.1 Å². The van der Waals surface area contributed by atoms with Crippen molar-refractivity contribution in [1.82, 2.24) is 15.1 Å². The molecule has 0 aromatic carbocycles. The lowest BCUT2D eigenvalue weighted by atomic mass is 10.1. The second-order valence-corrected chi connectivity index (χ2v) is 6.74. The Morgan fingerprint density at radius 3 is 3.09 bits per heavy atom. The zero-order valence-corrected chi connectivity index (χ0v) is 14.1. The first-order chi connectivity index (χ1) is 10.6. The first kappa shape index (κ1) is 16.9. The Hall–Kier alpha value is -1.50. The summed E-state index contributed by atoms with van der Waals surface area (Å²) in [6, 6.07) is 1.62. The van der Waals surface area contributed by atoms with Crippen LogP contribution >= 0.6 is 11.8 Å². The van der Waals surface area contributed by atoms with E-state index in [4.69, 9.17) is 0 Å². The quantitative estimate of drug-likeness (QED) is 0.754. The molecule has 122 valence electrons. The molecule has 1 aromatic rings. The van der Waals surface area contributed by atoms with Crippen molar-refractivity contribution in [2.45, 2.75) is 19.8 Å². The van der Waals surface area contributed by atoms with Crippen LogP contribution < -0.4 is 15.8 Å². The van der Waals surface area contributed by atoms with Crippen LogP contribution in [0.15, 0.2) is 17.1 Å². The Balaban J connectivity index is 1.76. The molecule has 1 aliphatic rings. The third-order valence-electron chi connectivity index (χ3n) is 3.77. The number of amides is 1. The Labute approximate surface area is 135 Å². The van der Waals surface area contributed by atoms with Gasteiger partial charge in [-0.2, -0.15) is 16.9 Å². The van der Waals surface area contributed by atoms with Crippen molar-refractivity contribution in [3.05, 3.63) is 22.6 Å². The van der Waals surface area contributed by atoms with E-state index in [1.807, 2.05) is 0 Å². The molecule has 0 radical (unpaired) electrons. The van der Waals surface area contributed by atoms with Crippen LogP contribution in [0.1, 0.15) is 19.8 Å². The smallest absolute Gasteiger partial charge is 0.268 e. The first-order valence-corrected chi connectivity index (χ1v) is 8.88. The van der Waals surface area contributed by atoms with Gasteiger partial charge in [0.05, 0.1) is 17.6 Å². The van der Waals surface area contributed by atoms with Crippen molar-refractivity contribution in [1.29, 1.82) is 0 Å². The molecular formula is C15H24N4O2S. The second kappa shape index (κ2) is 8.22. The number of anilines is 1. The molecule has 1 fully saturated rings. The van der Waals surface area contributed by atoms with Gasteiger partial charge in [0.25, 0.3) is 5.56 Å². The molecule has 0 aliphatic carbocycles. The number of hydrogen-bond acceptors (Lipinski definition) is 5. The molecule has 1 N–H and O–H groups in total. The summed E-state index contributed by atoms with van der Waals surface area (Å²) < 4.78 is 1.32. The van der Waals surface area contributed by atoms with Crippen LogP contribution in [0.2, 0.25) is 0 Å². The van der Waals surface area contributed by atoms with E-state index in [0.29, 0.717) is 18.2 Å². The molecule has 22 heavy (non-hydrogen) atoms. The van der Waals surface area contributed by atoms with Gasteiger partial charge in [0.2, 0.25) is 5.91 Å². The van der Waals surface area contributed by atoms with E-state index in [2.05, 4.69) is 22.2 Å². The fourth-order valence-electron chi connectivity index (χ4n) is 2.48. The summed E-state index contributed by atoms with van der Waals surface area (Å²) in [6.07, 6.45) is 3.85. The number of hydrogen-bond donors (Lipinski definition) is 1. The van der Waals surface area contributed by atoms with E-state index in [-0.39, 0.29) is 11.5 Å². The highest BCUT2D eigenvalue weighted by Crippen LogP contribution is 2.21. The Bertz CT molecular complexity index is 561. The van der Waals surface area contributed by atoms with Crippen molar-refractivity contribution in [2.24, 2.45) is 13.0 Å². The minimum Gasteiger partial charge on any atom is -0.370 e. The number of aryl methyl sites for hydroxylation is 1. The van der Waals surface area contributed by atoms with E-state index in [1.165, 1.54) is 4.68 Å². The number of nitrogens with one attached hydrogen (secondary N) is 1. The number of nitrogens with zero attached hydrogens (tertiary/aromatic N) is 3. The monoisotopic (exact) mass is 324 g/mol. The predicted molar refractivity (Wildman–Crippen MR) is 90.4 cm³/mol. The predicted octanol–water partition coefficient (Wildman–Crippen LogP) is 0.866. The number of aromatic nitrogens is 2. The molecular weight excluding hydrogens is 300 g/mol. The average Bonchev–Trinajstić information content (AvgIpc) is 2.97. The SMILES string of the molecule is CCCSCC(=O)NC[C@@H]1CCN(c2cnn(C)c(=O)c2)C1. The summed E-state index contributed by atoms with van der Waals surface area (Å²) >= 11 is 1.68. The number of carbonyl (C=O) groups is 1. The van der Waals surface area contributed by atoms with Crippen LogP contribution in [0, 0.1) is 5.92 Å². The van der Waals surface area contributed by atoms with Gasteiger partial charge >= 0.3 is 0 Å². The van der Waals surface area contributed by atoms with Gasteiger partial charge < -0.3 is 10.2 Å². The maximum Gasteiger partial charge on any atom is 0.268 e. The van der Waals surface area contributed by atoms with Gasteiger partial charge in [0.15, 0.2) is 0 Å². The minimum absolute atomic E-state index is 0.0952. The first-order valence-electron chi connectivity index (χ1n) is 7.73. The lowest BCUT2D eigenvalue weighted by Crippen LogP contribution is -2.32. The van der Waals surface area contributed by atoms with Gasteiger partial charge in [0.1, 0.15) is 0 Å². The highest BCUT2D eigenvalue weighted by atomic mass is 32.2. The number of carbonyl (C=O) groups excluding carboxylic acids is 1. The highest BCUT2D eigenvalue weighted by Gasteiger charge is 2.23. The van der Waals surface area contributed by atoms with Gasteiger partial charge in [-0.25, -0.2) is 4.68 Å². The Kier molecular flexibility index (Phi) is 6.30. The molecule has 0 bridgehead atoms. The summed E-state index contributed by atoms with van der Waals surface area (Å²) in [4.78, 5) is 25.5. The van der Waals surface area contributed by atoms with E-state index in [0.717, 1.165) is 37.4 Å². The zero-order valence-electron chi connectivity index (χ0n) is 13.2. The Morgan fingerprint density at radius 2 is 2.36 bits per heavy atom. The zero-order chi connectivity index (χ0) is 15.9. The van der Waals surface area contributed by atoms with E-state index < -0.39 is 0 Å². The molecule has 1 saturated heterocycles. The van der Waals surface area contributed by atoms with Crippen molar-refractivity contribution >= 4 is 23.4 Å². The van der Waals surface area contributed by atoms with Crippen molar-refractivity contribution < 1.29 is 4.79 Å². The van der Waals surface area contributed by atoms with Crippen molar-refractivity contribution in [2.75, 3.05) is 36.0 Å². The number of rotatable bonds is 7. The van der Waals surface area contributed by atoms with Gasteiger partial charge in [-0.3, -0.25) is 9.59 Å². The fourth-order valence-corrected chi connectivity index (χ4v) is 3.21. The van der Waals surface area contributed by atoms with Crippen LogP contribution in [0.4, 0.5) is 5.69 Å². The second-order valence-electron chi connectivity index (χ2n) is 5.63. The summed E-state index contributed by atoms with van der Waals surface area (Å²) in [5, 5.41) is 7.06. The molecule has 1 aromatic heterocycles. The molecule has 0 spiro atoms. The molecule has 1 amide bonds. The summed E-state index contributed by atoms with van der Waals surface area (Å²) in [5.74, 6) is 2.13. The lowest BCUT2D eigenvalue weighted by Gasteiger charge is -2.18. The van der Waals surface area contributed by atoms with E-state index in [9.17, 15) is 9.59 Å². The maximum absolute atomic E-state index is 11.7. The largest absolute Gasteiger partial charge is 0.370 e. The van der Waals surface area contributed by atoms with Crippen LogP contribution in [0.25, 0.3) is 0 Å². The van der Waals surface area contributed by atoms with Crippen LogP contribution in [0.3, 0.4) is 0 Å². The molecule has 2 rings (SSSR count). The molecule has 1 aliphatic heterocycles. The molecule has 1 atom stereocenters. The van der Waals surface area contributed by atoms with Crippen LogP contribution in [-0.4, -0.2) is 46.8 Å². The van der Waals surface area contributed by atoms with Crippen LogP contribution in [-0.2, 0) is 11.8 Å². The van der Waals surface area contributed by atoms with Gasteiger partial charge in [-0.15, -0.1) is 0 Å². The minimum atomic E-state index is -0.0952. The standard InChI is InChI=1S/C15H24N4O2S/c1-3-6-22-11-14(20)16-8-12-4-5-19(10-12)13-7-15(21)18(2)17-9-13/h7,9,12H,3-6,8,10-11H2,1-2H3,(H,16,20)/t12-/m0/s1. The summed E-state index contributed by atoms with van der Waals surface area (Å²) in [7, 11) is 1.64. The van der Waals surface area contributed by atoms with E-state index >= 15 is 0 Å². The van der Waals surface area contributed by atoms with Gasteiger partial charge in [-0.1, -0.05) is 6.92 Å². The van der Waals surface area contributed by atoms with Crippen LogP contribution in [0.5, 0.6) is 0 Å². The third-order valence-corrected chi connectivity index (χ3v) is 4.94. The molecule has 0 saturated carbocycles. The highest BCUT2D eigenvalue weighted by molar-refractivity contribution is 7.99. The maximum atomic E-state index is 11.7. The molecule has 7 heteroatoms. The lowest BCUT2D eigenvalue weighted by molar-refractivity contribution is -0.118. The summed E-state index contributed by atoms with van der Waals surface area (Å²) in [6.45, 7) is 4.58. The Morgan fingerprint density at radius 1 is 1.55 bits per heavy atom.